The van der Waals surface area contributed by atoms with Gasteiger partial charge in [0.05, 0.1) is 11.5 Å². The Labute approximate surface area is 184 Å². The van der Waals surface area contributed by atoms with Crippen LogP contribution in [0.2, 0.25) is 0 Å². The molecule has 158 valence electrons. The number of alkyl halides is 2. The molecular weight excluding hydrogens is 411 g/mol. The first kappa shape index (κ1) is 21.5. The van der Waals surface area contributed by atoms with Gasteiger partial charge >= 0.3 is 0 Å². The van der Waals surface area contributed by atoms with Crippen LogP contribution in [0.15, 0.2) is 11.6 Å². The Morgan fingerprint density at radius 2 is 1.89 bits per heavy atom. The smallest absolute Gasteiger partial charge is 0.198 e. The molecule has 0 bridgehead atoms. The first-order chi connectivity index (χ1) is 13.2. The summed E-state index contributed by atoms with van der Waals surface area (Å²) >= 11 is 14.5. The summed E-state index contributed by atoms with van der Waals surface area (Å²) in [6.45, 7) is 4.83. The molecule has 0 aromatic carbocycles. The van der Waals surface area contributed by atoms with E-state index in [-0.39, 0.29) is 10.5 Å². The minimum absolute atomic E-state index is 0.0894. The molecule has 28 heavy (non-hydrogen) atoms. The molecule has 0 N–H and O–H groups in total. The molecule has 7 atom stereocenters. The Morgan fingerprint density at radius 1 is 1.18 bits per heavy atom. The lowest BCUT2D eigenvalue weighted by Gasteiger charge is -2.59. The first-order valence-corrected chi connectivity index (χ1v) is 12.9. The van der Waals surface area contributed by atoms with E-state index < -0.39 is 10.3 Å². The van der Waals surface area contributed by atoms with Crippen molar-refractivity contribution >= 4 is 40.1 Å². The van der Waals surface area contributed by atoms with Gasteiger partial charge in [-0.15, -0.1) is 23.2 Å². The molecule has 3 saturated carbocycles. The molecule has 0 heterocycles. The van der Waals surface area contributed by atoms with Crippen LogP contribution >= 0.6 is 35.0 Å². The highest BCUT2D eigenvalue weighted by atomic mass is 35.5. The van der Waals surface area contributed by atoms with Crippen LogP contribution in [0.1, 0.15) is 65.2 Å². The summed E-state index contributed by atoms with van der Waals surface area (Å²) in [6.07, 6.45) is 13.6. The van der Waals surface area contributed by atoms with E-state index in [0.29, 0.717) is 29.3 Å². The lowest BCUT2D eigenvalue weighted by atomic mass is 9.46. The molecular formula is C23H34Cl2O2S. The minimum Gasteiger partial charge on any atom is -0.381 e. The second kappa shape index (κ2) is 7.46. The molecule has 4 aliphatic rings. The molecule has 0 aromatic rings. The van der Waals surface area contributed by atoms with Crippen molar-refractivity contribution in [2.24, 2.45) is 34.0 Å². The lowest BCUT2D eigenvalue weighted by molar-refractivity contribution is -0.131. The Kier molecular flexibility index (Phi) is 5.74. The zero-order valence-corrected chi connectivity index (χ0v) is 19.9. The lowest BCUT2D eigenvalue weighted by Crippen LogP contribution is -2.55. The number of rotatable bonds is 3. The van der Waals surface area contributed by atoms with Gasteiger partial charge in [0, 0.05) is 7.11 Å². The highest BCUT2D eigenvalue weighted by Gasteiger charge is 2.68. The molecule has 4 rings (SSSR count). The van der Waals surface area contributed by atoms with E-state index in [1.165, 1.54) is 24.6 Å². The normalized spacial score (nSPS) is 47.9. The maximum absolute atomic E-state index is 13.1. The monoisotopic (exact) mass is 444 g/mol. The topological polar surface area (TPSA) is 26.3 Å². The maximum Gasteiger partial charge on any atom is 0.198 e. The molecule has 5 heteroatoms. The van der Waals surface area contributed by atoms with E-state index in [2.05, 4.69) is 19.9 Å². The van der Waals surface area contributed by atoms with Crippen molar-refractivity contribution < 1.29 is 9.53 Å². The van der Waals surface area contributed by atoms with Gasteiger partial charge in [0.15, 0.2) is 5.12 Å². The SMILES string of the molecule is COC1CCC2(C)C(=CCC3C2CCC2(C)C3CCC2(C(=O)SC)C(Cl)Cl)C1. The van der Waals surface area contributed by atoms with Gasteiger partial charge in [-0.25, -0.2) is 0 Å². The van der Waals surface area contributed by atoms with E-state index >= 15 is 0 Å². The molecule has 0 spiro atoms. The minimum atomic E-state index is -0.624. The van der Waals surface area contributed by atoms with Crippen molar-refractivity contribution in [3.63, 3.8) is 0 Å². The third kappa shape index (κ3) is 2.75. The van der Waals surface area contributed by atoms with E-state index in [1.54, 1.807) is 5.57 Å². The Morgan fingerprint density at radius 3 is 2.54 bits per heavy atom. The van der Waals surface area contributed by atoms with Gasteiger partial charge in [0.25, 0.3) is 0 Å². The number of halogens is 2. The summed E-state index contributed by atoms with van der Waals surface area (Å²) < 4.78 is 5.69. The van der Waals surface area contributed by atoms with E-state index in [1.807, 2.05) is 13.4 Å². The third-order valence-corrected chi connectivity index (χ3v) is 11.1. The number of ether oxygens (including phenoxy) is 1. The van der Waals surface area contributed by atoms with Crippen molar-refractivity contribution in [1.29, 1.82) is 0 Å². The van der Waals surface area contributed by atoms with E-state index in [9.17, 15) is 4.79 Å². The van der Waals surface area contributed by atoms with Crippen molar-refractivity contribution in [3.8, 4) is 0 Å². The van der Waals surface area contributed by atoms with Gasteiger partial charge in [-0.1, -0.05) is 37.3 Å². The molecule has 0 aliphatic heterocycles. The van der Waals surface area contributed by atoms with Crippen LogP contribution in [-0.4, -0.2) is 29.4 Å². The van der Waals surface area contributed by atoms with Crippen LogP contribution in [0.5, 0.6) is 0 Å². The van der Waals surface area contributed by atoms with Gasteiger partial charge in [-0.05, 0) is 86.2 Å². The fourth-order valence-electron chi connectivity index (χ4n) is 7.87. The number of thioether (sulfide) groups is 1. The van der Waals surface area contributed by atoms with Crippen molar-refractivity contribution in [3.05, 3.63) is 11.6 Å². The summed E-state index contributed by atoms with van der Waals surface area (Å²) in [5, 5.41) is 0.199. The third-order valence-electron chi connectivity index (χ3n) is 9.57. The molecule has 3 fully saturated rings. The van der Waals surface area contributed by atoms with Crippen LogP contribution < -0.4 is 0 Å². The molecule has 0 saturated heterocycles. The van der Waals surface area contributed by atoms with Crippen molar-refractivity contribution in [1.82, 2.24) is 0 Å². The van der Waals surface area contributed by atoms with Crippen LogP contribution in [0.4, 0.5) is 0 Å². The summed E-state index contributed by atoms with van der Waals surface area (Å²) in [5.41, 5.74) is 1.25. The molecule has 0 radical (unpaired) electrons. The average Bonchev–Trinajstić information content (AvgIpc) is 3.00. The van der Waals surface area contributed by atoms with Crippen molar-refractivity contribution in [2.45, 2.75) is 76.2 Å². The van der Waals surface area contributed by atoms with Crippen LogP contribution in [0, 0.1) is 34.0 Å². The number of carbonyl (C=O) groups is 1. The number of methoxy groups -OCH3 is 1. The highest BCUT2D eigenvalue weighted by Crippen LogP contribution is 2.71. The fraction of sp³-hybridized carbons (Fsp3) is 0.870. The Balaban J connectivity index is 1.69. The number of hydrogen-bond donors (Lipinski definition) is 0. The van der Waals surface area contributed by atoms with Crippen LogP contribution in [0.25, 0.3) is 0 Å². The fourth-order valence-corrected chi connectivity index (χ4v) is 9.73. The number of carbonyl (C=O) groups excluding carboxylic acids is 1. The van der Waals surface area contributed by atoms with Gasteiger partial charge in [-0.3, -0.25) is 4.79 Å². The van der Waals surface area contributed by atoms with Gasteiger partial charge in [-0.2, -0.15) is 0 Å². The summed E-state index contributed by atoms with van der Waals surface area (Å²) in [5.74, 6) is 1.90. The van der Waals surface area contributed by atoms with Crippen LogP contribution in [0.3, 0.4) is 0 Å². The molecule has 0 amide bonds. The molecule has 7 unspecified atom stereocenters. The molecule has 0 aromatic heterocycles. The summed E-state index contributed by atoms with van der Waals surface area (Å²) in [7, 11) is 1.85. The summed E-state index contributed by atoms with van der Waals surface area (Å²) in [6, 6.07) is 0. The largest absolute Gasteiger partial charge is 0.381 e. The maximum atomic E-state index is 13.1. The standard InChI is InChI=1S/C23H34Cl2O2S/c1-21-10-7-15(27-3)13-14(21)5-6-16-17(21)8-11-22(2)18(16)9-12-23(22,19(24)25)20(26)28-4/h5,15-19H,6-13H2,1-4H3. The van der Waals surface area contributed by atoms with E-state index in [4.69, 9.17) is 27.9 Å². The molecule has 4 aliphatic carbocycles. The van der Waals surface area contributed by atoms with Crippen LogP contribution in [-0.2, 0) is 9.53 Å². The predicted molar refractivity (Wildman–Crippen MR) is 119 cm³/mol. The predicted octanol–water partition coefficient (Wildman–Crippen LogP) is 6.64. The summed E-state index contributed by atoms with van der Waals surface area (Å²) in [4.78, 5) is 12.5. The Hall–Kier alpha value is 0.300. The molecule has 2 nitrogen and oxygen atoms in total. The van der Waals surface area contributed by atoms with Gasteiger partial charge in [0.2, 0.25) is 0 Å². The average molecular weight is 445 g/mol. The quantitative estimate of drug-likeness (QED) is 0.360. The van der Waals surface area contributed by atoms with Gasteiger partial charge < -0.3 is 4.74 Å². The second-order valence-corrected chi connectivity index (χ2v) is 12.0. The zero-order valence-electron chi connectivity index (χ0n) is 17.6. The number of allylic oxidation sites excluding steroid dienone is 1. The highest BCUT2D eigenvalue weighted by molar-refractivity contribution is 8.13. The number of fused-ring (bicyclic) bond motifs is 5. The second-order valence-electron chi connectivity index (χ2n) is 10.1. The van der Waals surface area contributed by atoms with Gasteiger partial charge in [0.1, 0.15) is 4.84 Å². The van der Waals surface area contributed by atoms with E-state index in [0.717, 1.165) is 38.5 Å². The number of hydrogen-bond acceptors (Lipinski definition) is 3. The first-order valence-electron chi connectivity index (χ1n) is 10.8. The Bertz CT molecular complexity index is 680. The zero-order chi connectivity index (χ0) is 20.3. The van der Waals surface area contributed by atoms with Crippen molar-refractivity contribution in [2.75, 3.05) is 13.4 Å².